The van der Waals surface area contributed by atoms with Crippen molar-refractivity contribution in [2.75, 3.05) is 44.2 Å². The highest BCUT2D eigenvalue weighted by atomic mass is 19.1. The predicted octanol–water partition coefficient (Wildman–Crippen LogP) is 1.38. The van der Waals surface area contributed by atoms with Gasteiger partial charge in [0.05, 0.1) is 17.5 Å². The van der Waals surface area contributed by atoms with Gasteiger partial charge >= 0.3 is 0 Å². The summed E-state index contributed by atoms with van der Waals surface area (Å²) < 4.78 is 13.2. The van der Waals surface area contributed by atoms with Crippen molar-refractivity contribution in [3.05, 3.63) is 34.1 Å². The van der Waals surface area contributed by atoms with Gasteiger partial charge in [-0.15, -0.1) is 0 Å². The number of hydrogen-bond acceptors (Lipinski definition) is 5. The zero-order valence-corrected chi connectivity index (χ0v) is 13.1. The monoisotopic (exact) mass is 324 g/mol. The summed E-state index contributed by atoms with van der Waals surface area (Å²) in [5.74, 6) is -0.625. The molecule has 1 aliphatic heterocycles. The summed E-state index contributed by atoms with van der Waals surface area (Å²) in [7, 11) is 0. The van der Waals surface area contributed by atoms with E-state index in [2.05, 4.69) is 5.32 Å². The maximum absolute atomic E-state index is 13.2. The van der Waals surface area contributed by atoms with E-state index in [-0.39, 0.29) is 11.6 Å². The number of hydrogen-bond donors (Lipinski definition) is 1. The minimum Gasteiger partial charge on any atom is -0.363 e. The van der Waals surface area contributed by atoms with E-state index in [0.717, 1.165) is 12.5 Å². The van der Waals surface area contributed by atoms with Gasteiger partial charge in [0.25, 0.3) is 5.69 Å². The summed E-state index contributed by atoms with van der Waals surface area (Å²) in [6.45, 7) is 5.39. The standard InChI is InChI=1S/C15H21FN4O3/c1-2-5-17-15(21)11-18-6-8-19(9-7-18)13-4-3-12(16)10-14(13)20(22)23/h3-4,10H,2,5-9,11H2,1H3,(H,17,21). The van der Waals surface area contributed by atoms with E-state index in [9.17, 15) is 19.3 Å². The first-order chi connectivity index (χ1) is 11.0. The maximum Gasteiger partial charge on any atom is 0.295 e. The minimum atomic E-state index is -0.619. The number of piperazine rings is 1. The lowest BCUT2D eigenvalue weighted by atomic mass is 10.2. The second kappa shape index (κ2) is 7.87. The summed E-state index contributed by atoms with van der Waals surface area (Å²) >= 11 is 0. The van der Waals surface area contributed by atoms with Crippen LogP contribution in [0.4, 0.5) is 15.8 Å². The van der Waals surface area contributed by atoms with Crippen molar-refractivity contribution in [2.45, 2.75) is 13.3 Å². The van der Waals surface area contributed by atoms with Gasteiger partial charge in [0.1, 0.15) is 11.5 Å². The van der Waals surface area contributed by atoms with Crippen molar-refractivity contribution in [2.24, 2.45) is 0 Å². The quantitative estimate of drug-likeness (QED) is 0.632. The molecule has 1 aromatic rings. The Labute approximate surface area is 134 Å². The summed E-state index contributed by atoms with van der Waals surface area (Å²) in [5, 5.41) is 13.9. The van der Waals surface area contributed by atoms with Crippen LogP contribution in [-0.4, -0.2) is 55.0 Å². The van der Waals surface area contributed by atoms with Crippen LogP contribution < -0.4 is 10.2 Å². The number of nitrogens with zero attached hydrogens (tertiary/aromatic N) is 3. The molecule has 1 N–H and O–H groups in total. The Morgan fingerprint density at radius 3 is 2.65 bits per heavy atom. The van der Waals surface area contributed by atoms with Gasteiger partial charge in [-0.3, -0.25) is 19.8 Å². The largest absolute Gasteiger partial charge is 0.363 e. The third kappa shape index (κ3) is 4.62. The molecule has 23 heavy (non-hydrogen) atoms. The van der Waals surface area contributed by atoms with Gasteiger partial charge in [-0.2, -0.15) is 0 Å². The minimum absolute atomic E-state index is 0.00642. The SMILES string of the molecule is CCCNC(=O)CN1CCN(c2ccc(F)cc2[N+](=O)[O-])CC1. The average molecular weight is 324 g/mol. The lowest BCUT2D eigenvalue weighted by Gasteiger charge is -2.35. The van der Waals surface area contributed by atoms with Gasteiger partial charge in [0.15, 0.2) is 0 Å². The first kappa shape index (κ1) is 17.1. The average Bonchev–Trinajstić information content (AvgIpc) is 2.53. The molecule has 1 amide bonds. The molecule has 0 atom stereocenters. The Morgan fingerprint density at radius 1 is 1.35 bits per heavy atom. The first-order valence-corrected chi connectivity index (χ1v) is 7.69. The summed E-state index contributed by atoms with van der Waals surface area (Å²) in [6.07, 6.45) is 0.897. The Balaban J connectivity index is 1.94. The second-order valence-corrected chi connectivity index (χ2v) is 5.50. The van der Waals surface area contributed by atoms with Crippen LogP contribution in [0.15, 0.2) is 18.2 Å². The normalized spacial score (nSPS) is 15.5. The van der Waals surface area contributed by atoms with Gasteiger partial charge < -0.3 is 10.2 Å². The number of amides is 1. The van der Waals surface area contributed by atoms with Gasteiger partial charge in [-0.25, -0.2) is 4.39 Å². The van der Waals surface area contributed by atoms with Gasteiger partial charge in [0.2, 0.25) is 5.91 Å². The fourth-order valence-electron chi connectivity index (χ4n) is 2.58. The molecule has 0 spiro atoms. The fraction of sp³-hybridized carbons (Fsp3) is 0.533. The fourth-order valence-corrected chi connectivity index (χ4v) is 2.58. The Morgan fingerprint density at radius 2 is 2.04 bits per heavy atom. The van der Waals surface area contributed by atoms with E-state index in [4.69, 9.17) is 0 Å². The lowest BCUT2D eigenvalue weighted by Crippen LogP contribution is -2.49. The highest BCUT2D eigenvalue weighted by molar-refractivity contribution is 5.78. The third-order valence-electron chi connectivity index (χ3n) is 3.79. The highest BCUT2D eigenvalue weighted by Gasteiger charge is 2.24. The Bertz CT molecular complexity index is 574. The molecular weight excluding hydrogens is 303 g/mol. The van der Waals surface area contributed by atoms with Crippen molar-refractivity contribution in [3.63, 3.8) is 0 Å². The van der Waals surface area contributed by atoms with E-state index in [0.29, 0.717) is 45.0 Å². The molecule has 126 valence electrons. The van der Waals surface area contributed by atoms with Crippen LogP contribution in [0.2, 0.25) is 0 Å². The second-order valence-electron chi connectivity index (χ2n) is 5.50. The molecule has 0 radical (unpaired) electrons. The van der Waals surface area contributed by atoms with Crippen LogP contribution >= 0.6 is 0 Å². The number of nitro benzene ring substituents is 1. The zero-order chi connectivity index (χ0) is 16.8. The maximum atomic E-state index is 13.2. The first-order valence-electron chi connectivity index (χ1n) is 7.69. The van der Waals surface area contributed by atoms with E-state index < -0.39 is 10.7 Å². The van der Waals surface area contributed by atoms with Crippen LogP contribution in [0.5, 0.6) is 0 Å². The Kier molecular flexibility index (Phi) is 5.86. The molecule has 1 saturated heterocycles. The molecule has 1 heterocycles. The molecular formula is C15H21FN4O3. The van der Waals surface area contributed by atoms with E-state index in [1.807, 2.05) is 16.7 Å². The number of benzene rings is 1. The van der Waals surface area contributed by atoms with Crippen LogP contribution in [0.25, 0.3) is 0 Å². The van der Waals surface area contributed by atoms with Crippen LogP contribution in [-0.2, 0) is 4.79 Å². The van der Waals surface area contributed by atoms with Crippen molar-refractivity contribution in [1.29, 1.82) is 0 Å². The van der Waals surface area contributed by atoms with E-state index in [1.54, 1.807) is 0 Å². The molecule has 7 nitrogen and oxygen atoms in total. The van der Waals surface area contributed by atoms with Crippen molar-refractivity contribution >= 4 is 17.3 Å². The number of halogens is 1. The molecule has 8 heteroatoms. The molecule has 0 aliphatic carbocycles. The number of carbonyl (C=O) groups excluding carboxylic acids is 1. The number of nitrogens with one attached hydrogen (secondary N) is 1. The van der Waals surface area contributed by atoms with Gasteiger partial charge in [-0.05, 0) is 18.6 Å². The highest BCUT2D eigenvalue weighted by Crippen LogP contribution is 2.29. The number of nitro groups is 1. The summed E-state index contributed by atoms with van der Waals surface area (Å²) in [5.41, 5.74) is 0.200. The molecule has 1 fully saturated rings. The lowest BCUT2D eigenvalue weighted by molar-refractivity contribution is -0.384. The summed E-state index contributed by atoms with van der Waals surface area (Å²) in [4.78, 5) is 26.1. The van der Waals surface area contributed by atoms with E-state index in [1.165, 1.54) is 12.1 Å². The van der Waals surface area contributed by atoms with E-state index >= 15 is 0 Å². The van der Waals surface area contributed by atoms with Crippen LogP contribution in [0, 0.1) is 15.9 Å². The smallest absolute Gasteiger partial charge is 0.295 e. The molecule has 2 rings (SSSR count). The number of carbonyl (C=O) groups is 1. The molecule has 1 aliphatic rings. The molecule has 1 aromatic carbocycles. The topological polar surface area (TPSA) is 78.7 Å². The molecule has 0 unspecified atom stereocenters. The molecule has 0 bridgehead atoms. The zero-order valence-electron chi connectivity index (χ0n) is 13.1. The van der Waals surface area contributed by atoms with Crippen LogP contribution in [0.3, 0.4) is 0 Å². The summed E-state index contributed by atoms with van der Waals surface area (Å²) in [6, 6.07) is 3.61. The third-order valence-corrected chi connectivity index (χ3v) is 3.79. The molecule has 0 aromatic heterocycles. The van der Waals surface area contributed by atoms with Crippen molar-refractivity contribution in [3.8, 4) is 0 Å². The number of rotatable bonds is 6. The van der Waals surface area contributed by atoms with Crippen LogP contribution in [0.1, 0.15) is 13.3 Å². The van der Waals surface area contributed by atoms with Gasteiger partial charge in [0, 0.05) is 32.7 Å². The Hall–Kier alpha value is -2.22. The van der Waals surface area contributed by atoms with Crippen molar-refractivity contribution in [1.82, 2.24) is 10.2 Å². The van der Waals surface area contributed by atoms with Gasteiger partial charge in [-0.1, -0.05) is 6.92 Å². The number of anilines is 1. The predicted molar refractivity (Wildman–Crippen MR) is 85.0 cm³/mol. The molecule has 0 saturated carbocycles. The van der Waals surface area contributed by atoms with Crippen molar-refractivity contribution < 1.29 is 14.1 Å².